The van der Waals surface area contributed by atoms with Gasteiger partial charge in [-0.15, -0.1) is 0 Å². The summed E-state index contributed by atoms with van der Waals surface area (Å²) in [6.45, 7) is 8.09. The van der Waals surface area contributed by atoms with Crippen molar-refractivity contribution in [2.45, 2.75) is 24.4 Å². The van der Waals surface area contributed by atoms with E-state index >= 15 is 0 Å². The molecule has 1 aromatic carbocycles. The van der Waals surface area contributed by atoms with E-state index in [1.54, 1.807) is 29.2 Å². The second kappa shape index (κ2) is 9.26. The number of carbonyl (C=O) groups excluding carboxylic acids is 1. The molecular formula is C23H21N5O4S. The molecule has 0 unspecified atom stereocenters. The van der Waals surface area contributed by atoms with Crippen molar-refractivity contribution in [1.82, 2.24) is 14.9 Å². The Morgan fingerprint density at radius 3 is 2.61 bits per heavy atom. The topological polar surface area (TPSA) is 106 Å². The van der Waals surface area contributed by atoms with E-state index in [1.807, 2.05) is 12.1 Å². The second-order valence-electron chi connectivity index (χ2n) is 7.59. The molecule has 0 aliphatic carbocycles. The van der Waals surface area contributed by atoms with Crippen LogP contribution in [0.4, 0.5) is 17.2 Å². The van der Waals surface area contributed by atoms with Crippen LogP contribution in [-0.2, 0) is 21.2 Å². The van der Waals surface area contributed by atoms with Gasteiger partial charge in [0.1, 0.15) is 17.3 Å². The number of pyridine rings is 2. The lowest BCUT2D eigenvalue weighted by Crippen LogP contribution is -2.24. The minimum Gasteiger partial charge on any atom is -0.455 e. The summed E-state index contributed by atoms with van der Waals surface area (Å²) < 4.78 is 29.3. The van der Waals surface area contributed by atoms with Crippen LogP contribution in [0.15, 0.2) is 59.9 Å². The highest BCUT2D eigenvalue weighted by Gasteiger charge is 2.22. The molecule has 9 nitrogen and oxygen atoms in total. The number of sulfone groups is 1. The average molecular weight is 464 g/mol. The van der Waals surface area contributed by atoms with Gasteiger partial charge < -0.3 is 15.0 Å². The first-order valence-electron chi connectivity index (χ1n) is 10.2. The van der Waals surface area contributed by atoms with E-state index in [0.29, 0.717) is 42.5 Å². The fourth-order valence-corrected chi connectivity index (χ4v) is 3.96. The Kier molecular flexibility index (Phi) is 6.24. The number of anilines is 2. The van der Waals surface area contributed by atoms with Crippen LogP contribution >= 0.6 is 0 Å². The maximum Gasteiger partial charge on any atom is 0.222 e. The zero-order chi connectivity index (χ0) is 23.4. The van der Waals surface area contributed by atoms with Gasteiger partial charge in [-0.05, 0) is 42.8 Å². The third kappa shape index (κ3) is 5.45. The lowest BCUT2D eigenvalue weighted by Gasteiger charge is -2.19. The summed E-state index contributed by atoms with van der Waals surface area (Å²) in [5, 5.41) is 3.16. The molecule has 0 atom stereocenters. The van der Waals surface area contributed by atoms with Crippen molar-refractivity contribution in [3.63, 3.8) is 0 Å². The van der Waals surface area contributed by atoms with E-state index in [1.165, 1.54) is 18.5 Å². The van der Waals surface area contributed by atoms with Crippen LogP contribution in [0.2, 0.25) is 0 Å². The molecule has 10 heteroatoms. The SMILES string of the molecule is [C-]#[N+]c1ccc(Nc2ccc(Oc3ccc(S(C)(=O)=O)nc3)c(CN3CCCC3=O)c2)nc1. The van der Waals surface area contributed by atoms with E-state index in [4.69, 9.17) is 11.3 Å². The van der Waals surface area contributed by atoms with Crippen molar-refractivity contribution in [1.29, 1.82) is 0 Å². The van der Waals surface area contributed by atoms with Gasteiger partial charge in [-0.2, -0.15) is 0 Å². The highest BCUT2D eigenvalue weighted by molar-refractivity contribution is 7.90. The molecule has 3 heterocycles. The summed E-state index contributed by atoms with van der Waals surface area (Å²) >= 11 is 0. The monoisotopic (exact) mass is 463 g/mol. The number of likely N-dealkylation sites (tertiary alicyclic amines) is 1. The Morgan fingerprint density at radius 1 is 1.15 bits per heavy atom. The molecule has 33 heavy (non-hydrogen) atoms. The number of rotatable bonds is 7. The molecule has 1 fully saturated rings. The number of nitrogens with zero attached hydrogens (tertiary/aromatic N) is 4. The third-order valence-electron chi connectivity index (χ3n) is 5.06. The zero-order valence-electron chi connectivity index (χ0n) is 17.9. The molecule has 3 aromatic rings. The fourth-order valence-electron chi connectivity index (χ4n) is 3.40. The van der Waals surface area contributed by atoms with E-state index in [-0.39, 0.29) is 10.9 Å². The van der Waals surface area contributed by atoms with Gasteiger partial charge in [0, 0.05) is 43.2 Å². The van der Waals surface area contributed by atoms with Gasteiger partial charge >= 0.3 is 0 Å². The first-order chi connectivity index (χ1) is 15.8. The quantitative estimate of drug-likeness (QED) is 0.526. The molecule has 2 aromatic heterocycles. The molecule has 168 valence electrons. The molecule has 1 saturated heterocycles. The Bertz CT molecular complexity index is 1320. The molecule has 0 radical (unpaired) electrons. The number of amides is 1. The molecular weight excluding hydrogens is 442 g/mol. The first-order valence-corrected chi connectivity index (χ1v) is 12.1. The zero-order valence-corrected chi connectivity index (χ0v) is 18.7. The maximum absolute atomic E-state index is 12.2. The largest absolute Gasteiger partial charge is 0.455 e. The Hall–Kier alpha value is -3.97. The van der Waals surface area contributed by atoms with Crippen LogP contribution in [0.3, 0.4) is 0 Å². The summed E-state index contributed by atoms with van der Waals surface area (Å²) in [6.07, 6.45) is 5.29. The smallest absolute Gasteiger partial charge is 0.222 e. The van der Waals surface area contributed by atoms with Gasteiger partial charge in [0.25, 0.3) is 0 Å². The van der Waals surface area contributed by atoms with Crippen LogP contribution in [0, 0.1) is 6.57 Å². The van der Waals surface area contributed by atoms with E-state index < -0.39 is 9.84 Å². The van der Waals surface area contributed by atoms with Crippen LogP contribution in [0.1, 0.15) is 18.4 Å². The lowest BCUT2D eigenvalue weighted by molar-refractivity contribution is -0.128. The summed E-state index contributed by atoms with van der Waals surface area (Å²) in [5.41, 5.74) is 1.98. The Labute approximate surface area is 191 Å². The number of benzene rings is 1. The van der Waals surface area contributed by atoms with Crippen molar-refractivity contribution in [3.8, 4) is 11.5 Å². The molecule has 1 aliphatic heterocycles. The molecule has 1 amide bonds. The van der Waals surface area contributed by atoms with Gasteiger partial charge in [0.15, 0.2) is 14.9 Å². The van der Waals surface area contributed by atoms with Crippen molar-refractivity contribution >= 4 is 32.9 Å². The number of hydrogen-bond donors (Lipinski definition) is 1. The van der Waals surface area contributed by atoms with Crippen molar-refractivity contribution in [2.75, 3.05) is 18.1 Å². The molecule has 1 N–H and O–H groups in total. The molecule has 0 bridgehead atoms. The molecule has 1 aliphatic rings. The number of ether oxygens (including phenoxy) is 1. The number of hydrogen-bond acceptors (Lipinski definition) is 7. The number of carbonyl (C=O) groups is 1. The van der Waals surface area contributed by atoms with Gasteiger partial charge in [-0.25, -0.2) is 18.2 Å². The van der Waals surface area contributed by atoms with Crippen LogP contribution < -0.4 is 10.1 Å². The maximum atomic E-state index is 12.2. The Balaban J connectivity index is 1.60. The summed E-state index contributed by atoms with van der Waals surface area (Å²) in [5.74, 6) is 1.59. The normalized spacial score (nSPS) is 13.6. The van der Waals surface area contributed by atoms with Crippen molar-refractivity contribution in [3.05, 3.63) is 71.8 Å². The molecule has 0 spiro atoms. The van der Waals surface area contributed by atoms with Gasteiger partial charge in [-0.3, -0.25) is 9.78 Å². The van der Waals surface area contributed by atoms with E-state index in [0.717, 1.165) is 23.9 Å². The van der Waals surface area contributed by atoms with E-state index in [9.17, 15) is 13.2 Å². The van der Waals surface area contributed by atoms with Crippen molar-refractivity contribution < 1.29 is 17.9 Å². The highest BCUT2D eigenvalue weighted by atomic mass is 32.2. The summed E-state index contributed by atoms with van der Waals surface area (Å²) in [6, 6.07) is 11.8. The first kappa shape index (κ1) is 22.2. The number of nitrogens with one attached hydrogen (secondary N) is 1. The predicted octanol–water partition coefficient (Wildman–Crippen LogP) is 4.09. The third-order valence-corrected chi connectivity index (χ3v) is 6.06. The fraction of sp³-hybridized carbons (Fsp3) is 0.217. The predicted molar refractivity (Wildman–Crippen MR) is 122 cm³/mol. The minimum atomic E-state index is -3.40. The summed E-state index contributed by atoms with van der Waals surface area (Å²) in [7, 11) is -3.40. The lowest BCUT2D eigenvalue weighted by atomic mass is 10.1. The van der Waals surface area contributed by atoms with Crippen molar-refractivity contribution in [2.24, 2.45) is 0 Å². The Morgan fingerprint density at radius 2 is 2.00 bits per heavy atom. The van der Waals surface area contributed by atoms with Gasteiger partial charge in [-0.1, -0.05) is 6.07 Å². The van der Waals surface area contributed by atoms with E-state index in [2.05, 4.69) is 20.1 Å². The minimum absolute atomic E-state index is 0.0333. The summed E-state index contributed by atoms with van der Waals surface area (Å²) in [4.78, 5) is 25.5. The number of aromatic nitrogens is 2. The van der Waals surface area contributed by atoms with Gasteiger partial charge in [0.05, 0.1) is 12.8 Å². The van der Waals surface area contributed by atoms with Crippen LogP contribution in [-0.4, -0.2) is 42.0 Å². The average Bonchev–Trinajstić information content (AvgIpc) is 3.20. The standard InChI is InChI=1S/C23H21N5O4S/c1-24-18-6-9-21(25-13-18)27-17-5-8-20(16(12-17)15-28-11-3-4-23(28)29)32-19-7-10-22(26-14-19)33(2,30)31/h5-10,12-14H,3-4,11,15H2,2H3,(H,25,27). The molecule has 0 saturated carbocycles. The van der Waals surface area contributed by atoms with Gasteiger partial charge in [0.2, 0.25) is 11.6 Å². The highest BCUT2D eigenvalue weighted by Crippen LogP contribution is 2.31. The molecule has 4 rings (SSSR count). The van der Waals surface area contributed by atoms with Crippen LogP contribution in [0.5, 0.6) is 11.5 Å². The second-order valence-corrected chi connectivity index (χ2v) is 9.55. The van der Waals surface area contributed by atoms with Crippen LogP contribution in [0.25, 0.3) is 4.85 Å².